The summed E-state index contributed by atoms with van der Waals surface area (Å²) in [5, 5.41) is -0.337. The first-order valence-corrected chi connectivity index (χ1v) is 10.4. The predicted octanol–water partition coefficient (Wildman–Crippen LogP) is 3.45. The third-order valence-electron chi connectivity index (χ3n) is 4.18. The number of aryl methyl sites for hydroxylation is 1. The van der Waals surface area contributed by atoms with Gasteiger partial charge in [-0.05, 0) is 37.3 Å². The van der Waals surface area contributed by atoms with Crippen LogP contribution in [0.4, 0.5) is 0 Å². The monoisotopic (exact) mass is 379 g/mol. The Morgan fingerprint density at radius 2 is 1.80 bits per heavy atom. The highest BCUT2D eigenvalue weighted by molar-refractivity contribution is 8.01. The van der Waals surface area contributed by atoms with Gasteiger partial charge in [0.25, 0.3) is 0 Å². The molecule has 0 N–H and O–H groups in total. The fourth-order valence-corrected chi connectivity index (χ4v) is 6.07. The first kappa shape index (κ1) is 18.1. The Hall–Kier alpha value is -1.70. The fraction of sp³-hybridized carbons (Fsp3) is 0.333. The summed E-state index contributed by atoms with van der Waals surface area (Å²) >= 11 is 1.59. The van der Waals surface area contributed by atoms with Gasteiger partial charge in [-0.25, -0.2) is 8.42 Å². The second-order valence-corrected chi connectivity index (χ2v) is 8.84. The van der Waals surface area contributed by atoms with Crippen LogP contribution in [0.5, 0.6) is 11.5 Å². The van der Waals surface area contributed by atoms with E-state index in [1.54, 1.807) is 48.5 Å². The van der Waals surface area contributed by atoms with Gasteiger partial charge in [0.05, 0.1) is 24.5 Å². The zero-order valence-corrected chi connectivity index (χ0v) is 16.1. The number of ether oxygens (including phenoxy) is 2. The Balaban J connectivity index is 2.02. The van der Waals surface area contributed by atoms with E-state index in [4.69, 9.17) is 9.47 Å². The van der Waals surface area contributed by atoms with Crippen LogP contribution in [-0.4, -0.2) is 39.2 Å². The number of nitrogens with zero attached hydrogens (tertiary/aromatic N) is 1. The number of thioether (sulfide) groups is 1. The lowest BCUT2D eigenvalue weighted by Gasteiger charge is -2.25. The highest BCUT2D eigenvalue weighted by Crippen LogP contribution is 2.45. The predicted molar refractivity (Wildman–Crippen MR) is 99.8 cm³/mol. The highest BCUT2D eigenvalue weighted by Gasteiger charge is 2.38. The van der Waals surface area contributed by atoms with Gasteiger partial charge < -0.3 is 9.47 Å². The third kappa shape index (κ3) is 3.49. The molecule has 0 bridgehead atoms. The first-order chi connectivity index (χ1) is 12.0. The number of methoxy groups -OCH3 is 2. The molecule has 0 saturated carbocycles. The molecule has 1 atom stereocenters. The summed E-state index contributed by atoms with van der Waals surface area (Å²) in [6, 6.07) is 12.4. The molecule has 134 valence electrons. The van der Waals surface area contributed by atoms with Crippen molar-refractivity contribution in [1.29, 1.82) is 0 Å². The first-order valence-electron chi connectivity index (χ1n) is 7.89. The van der Waals surface area contributed by atoms with E-state index in [-0.39, 0.29) is 5.37 Å². The molecule has 2 aromatic rings. The molecule has 25 heavy (non-hydrogen) atoms. The van der Waals surface area contributed by atoms with Crippen LogP contribution in [-0.2, 0) is 10.0 Å². The average Bonchev–Trinajstić information content (AvgIpc) is 3.12. The summed E-state index contributed by atoms with van der Waals surface area (Å²) < 4.78 is 38.5. The molecule has 0 radical (unpaired) electrons. The maximum absolute atomic E-state index is 13.1. The van der Waals surface area contributed by atoms with Gasteiger partial charge in [0.1, 0.15) is 11.5 Å². The van der Waals surface area contributed by atoms with Gasteiger partial charge in [0.2, 0.25) is 10.0 Å². The van der Waals surface area contributed by atoms with Crippen LogP contribution in [0.2, 0.25) is 0 Å². The van der Waals surface area contributed by atoms with Crippen LogP contribution in [0.15, 0.2) is 47.4 Å². The average molecular weight is 380 g/mol. The molecule has 1 saturated heterocycles. The zero-order chi connectivity index (χ0) is 18.0. The van der Waals surface area contributed by atoms with Crippen molar-refractivity contribution in [2.24, 2.45) is 0 Å². The molecule has 1 heterocycles. The lowest BCUT2D eigenvalue weighted by molar-refractivity contribution is 0.382. The van der Waals surface area contributed by atoms with Gasteiger partial charge in [0.15, 0.2) is 0 Å². The van der Waals surface area contributed by atoms with Gasteiger partial charge in [-0.2, -0.15) is 4.31 Å². The Bertz CT molecular complexity index is 850. The molecular weight excluding hydrogens is 358 g/mol. The number of benzene rings is 2. The number of hydrogen-bond acceptors (Lipinski definition) is 5. The van der Waals surface area contributed by atoms with E-state index < -0.39 is 10.0 Å². The lowest BCUT2D eigenvalue weighted by Crippen LogP contribution is -2.30. The molecule has 2 aromatic carbocycles. The summed E-state index contributed by atoms with van der Waals surface area (Å²) in [6.07, 6.45) is 0. The molecule has 0 amide bonds. The normalized spacial score (nSPS) is 18.3. The topological polar surface area (TPSA) is 55.8 Å². The standard InChI is InChI=1S/C18H21NO4S2/c1-13-4-7-15(8-5-13)25(20,21)19-10-11-24-18(19)16-12-14(22-2)6-9-17(16)23-3/h4-9,12,18H,10-11H2,1-3H3. The van der Waals surface area contributed by atoms with Crippen molar-refractivity contribution in [2.75, 3.05) is 26.5 Å². The van der Waals surface area contributed by atoms with Crippen molar-refractivity contribution in [3.8, 4) is 11.5 Å². The number of sulfonamides is 1. The van der Waals surface area contributed by atoms with Crippen LogP contribution < -0.4 is 9.47 Å². The second-order valence-electron chi connectivity index (χ2n) is 5.76. The van der Waals surface area contributed by atoms with Gasteiger partial charge in [0, 0.05) is 17.9 Å². The quantitative estimate of drug-likeness (QED) is 0.796. The van der Waals surface area contributed by atoms with Crippen LogP contribution >= 0.6 is 11.8 Å². The molecule has 1 aliphatic heterocycles. The summed E-state index contributed by atoms with van der Waals surface area (Å²) in [4.78, 5) is 0.312. The van der Waals surface area contributed by atoms with Gasteiger partial charge in [-0.1, -0.05) is 17.7 Å². The van der Waals surface area contributed by atoms with E-state index >= 15 is 0 Å². The maximum atomic E-state index is 13.1. The second kappa shape index (κ2) is 7.27. The smallest absolute Gasteiger partial charge is 0.244 e. The molecule has 1 unspecified atom stereocenters. The molecule has 0 aliphatic carbocycles. The molecule has 3 rings (SSSR count). The van der Waals surface area contributed by atoms with E-state index in [1.807, 2.05) is 31.2 Å². The Morgan fingerprint density at radius 3 is 2.44 bits per heavy atom. The maximum Gasteiger partial charge on any atom is 0.244 e. The third-order valence-corrected chi connectivity index (χ3v) is 7.43. The minimum Gasteiger partial charge on any atom is -0.497 e. The van der Waals surface area contributed by atoms with Crippen LogP contribution in [0.3, 0.4) is 0 Å². The zero-order valence-electron chi connectivity index (χ0n) is 14.4. The Morgan fingerprint density at radius 1 is 1.08 bits per heavy atom. The molecule has 7 heteroatoms. The number of hydrogen-bond donors (Lipinski definition) is 0. The van der Waals surface area contributed by atoms with E-state index in [9.17, 15) is 8.42 Å². The van der Waals surface area contributed by atoms with Crippen LogP contribution in [0, 0.1) is 6.92 Å². The van der Waals surface area contributed by atoms with E-state index in [0.717, 1.165) is 16.9 Å². The summed E-state index contributed by atoms with van der Waals surface area (Å²) in [6.45, 7) is 2.40. The van der Waals surface area contributed by atoms with E-state index in [0.29, 0.717) is 22.9 Å². The summed E-state index contributed by atoms with van der Waals surface area (Å²) in [7, 11) is -0.403. The van der Waals surface area contributed by atoms with Crippen molar-refractivity contribution in [3.05, 3.63) is 53.6 Å². The molecular formula is C18H21NO4S2. The molecule has 1 aliphatic rings. The Kier molecular flexibility index (Phi) is 5.27. The van der Waals surface area contributed by atoms with E-state index in [2.05, 4.69) is 0 Å². The minimum absolute atomic E-state index is 0.312. The fourth-order valence-electron chi connectivity index (χ4n) is 2.82. The number of rotatable bonds is 5. The van der Waals surface area contributed by atoms with Crippen molar-refractivity contribution in [2.45, 2.75) is 17.2 Å². The molecule has 0 aromatic heterocycles. The van der Waals surface area contributed by atoms with Crippen LogP contribution in [0.1, 0.15) is 16.5 Å². The van der Waals surface area contributed by atoms with Crippen molar-refractivity contribution in [1.82, 2.24) is 4.31 Å². The van der Waals surface area contributed by atoms with Crippen molar-refractivity contribution >= 4 is 21.8 Å². The summed E-state index contributed by atoms with van der Waals surface area (Å²) in [5.41, 5.74) is 1.83. The SMILES string of the molecule is COc1ccc(OC)c(C2SCCN2S(=O)(=O)c2ccc(C)cc2)c1. The van der Waals surface area contributed by atoms with Gasteiger partial charge in [-0.3, -0.25) is 0 Å². The van der Waals surface area contributed by atoms with Crippen LogP contribution in [0.25, 0.3) is 0 Å². The molecule has 5 nitrogen and oxygen atoms in total. The van der Waals surface area contributed by atoms with Gasteiger partial charge >= 0.3 is 0 Å². The van der Waals surface area contributed by atoms with Gasteiger partial charge in [-0.15, -0.1) is 11.8 Å². The van der Waals surface area contributed by atoms with Crippen molar-refractivity contribution < 1.29 is 17.9 Å². The van der Waals surface area contributed by atoms with Crippen molar-refractivity contribution in [3.63, 3.8) is 0 Å². The van der Waals surface area contributed by atoms with E-state index in [1.165, 1.54) is 0 Å². The summed E-state index contributed by atoms with van der Waals surface area (Å²) in [5.74, 6) is 2.07. The minimum atomic E-state index is -3.58. The largest absolute Gasteiger partial charge is 0.497 e. The Labute approximate surface area is 153 Å². The lowest BCUT2D eigenvalue weighted by atomic mass is 10.2. The molecule has 1 fully saturated rings. The highest BCUT2D eigenvalue weighted by atomic mass is 32.2. The molecule has 0 spiro atoms.